The molecule has 1 aromatic rings. The Morgan fingerprint density at radius 2 is 1.90 bits per heavy atom. The van der Waals surface area contributed by atoms with Crippen molar-refractivity contribution in [1.82, 2.24) is 5.32 Å². The molecule has 110 valence electrons. The van der Waals surface area contributed by atoms with Crippen molar-refractivity contribution in [2.24, 2.45) is 5.92 Å². The monoisotopic (exact) mass is 273 g/mol. The predicted octanol–water partition coefficient (Wildman–Crippen LogP) is 4.29. The van der Waals surface area contributed by atoms with Gasteiger partial charge in [0.05, 0.1) is 6.10 Å². The second kappa shape index (κ2) is 6.62. The molecule has 2 aliphatic rings. The first-order chi connectivity index (χ1) is 9.83. The van der Waals surface area contributed by atoms with Crippen LogP contribution in [0.2, 0.25) is 0 Å². The first-order valence-corrected chi connectivity index (χ1v) is 8.32. The van der Waals surface area contributed by atoms with E-state index in [2.05, 4.69) is 36.5 Å². The van der Waals surface area contributed by atoms with E-state index in [4.69, 9.17) is 4.74 Å². The summed E-state index contributed by atoms with van der Waals surface area (Å²) in [6.07, 6.45) is 9.58. The fourth-order valence-corrected chi connectivity index (χ4v) is 3.13. The van der Waals surface area contributed by atoms with Crippen molar-refractivity contribution < 1.29 is 4.74 Å². The van der Waals surface area contributed by atoms with Crippen molar-refractivity contribution in [3.05, 3.63) is 29.8 Å². The van der Waals surface area contributed by atoms with Crippen LogP contribution < -0.4 is 10.1 Å². The molecule has 0 unspecified atom stereocenters. The van der Waals surface area contributed by atoms with Gasteiger partial charge in [-0.2, -0.15) is 0 Å². The molecule has 1 aromatic carbocycles. The SMILES string of the molecule is CCC1CCC(Oc2cccc(CNC3CC3)c2)CC1. The summed E-state index contributed by atoms with van der Waals surface area (Å²) in [6, 6.07) is 9.39. The van der Waals surface area contributed by atoms with Crippen LogP contribution in [0.25, 0.3) is 0 Å². The van der Waals surface area contributed by atoms with E-state index in [1.807, 2.05) is 0 Å². The van der Waals surface area contributed by atoms with Gasteiger partial charge in [0, 0.05) is 12.6 Å². The van der Waals surface area contributed by atoms with Gasteiger partial charge in [-0.05, 0) is 62.1 Å². The van der Waals surface area contributed by atoms with E-state index in [9.17, 15) is 0 Å². The van der Waals surface area contributed by atoms with Crippen LogP contribution >= 0.6 is 0 Å². The molecule has 0 aromatic heterocycles. The van der Waals surface area contributed by atoms with Crippen LogP contribution in [0.15, 0.2) is 24.3 Å². The van der Waals surface area contributed by atoms with Crippen LogP contribution in [-0.2, 0) is 6.54 Å². The van der Waals surface area contributed by atoms with E-state index in [0.717, 1.165) is 24.3 Å². The molecular weight excluding hydrogens is 246 g/mol. The van der Waals surface area contributed by atoms with Crippen LogP contribution in [0.1, 0.15) is 57.4 Å². The van der Waals surface area contributed by atoms with E-state index in [1.54, 1.807) is 0 Å². The van der Waals surface area contributed by atoms with E-state index < -0.39 is 0 Å². The fraction of sp³-hybridized carbons (Fsp3) is 0.667. The zero-order chi connectivity index (χ0) is 13.8. The maximum absolute atomic E-state index is 6.18. The van der Waals surface area contributed by atoms with E-state index >= 15 is 0 Å². The zero-order valence-corrected chi connectivity index (χ0v) is 12.6. The van der Waals surface area contributed by atoms with Crippen molar-refractivity contribution in [3.8, 4) is 5.75 Å². The Hall–Kier alpha value is -1.02. The largest absolute Gasteiger partial charge is 0.490 e. The third-order valence-corrected chi connectivity index (χ3v) is 4.74. The minimum Gasteiger partial charge on any atom is -0.490 e. The third kappa shape index (κ3) is 3.99. The summed E-state index contributed by atoms with van der Waals surface area (Å²) in [7, 11) is 0. The van der Waals surface area contributed by atoms with Crippen LogP contribution in [0.3, 0.4) is 0 Å². The van der Waals surface area contributed by atoms with Gasteiger partial charge in [0.1, 0.15) is 5.75 Å². The van der Waals surface area contributed by atoms with Crippen LogP contribution in [0.5, 0.6) is 5.75 Å². The maximum atomic E-state index is 6.18. The smallest absolute Gasteiger partial charge is 0.120 e. The van der Waals surface area contributed by atoms with Gasteiger partial charge in [-0.25, -0.2) is 0 Å². The molecule has 0 aliphatic heterocycles. The predicted molar refractivity (Wildman–Crippen MR) is 83.0 cm³/mol. The number of nitrogens with one attached hydrogen (secondary N) is 1. The van der Waals surface area contributed by atoms with Crippen LogP contribution in [-0.4, -0.2) is 12.1 Å². The van der Waals surface area contributed by atoms with Gasteiger partial charge in [-0.3, -0.25) is 0 Å². The van der Waals surface area contributed by atoms with Gasteiger partial charge in [0.15, 0.2) is 0 Å². The van der Waals surface area contributed by atoms with Crippen molar-refractivity contribution in [1.29, 1.82) is 0 Å². The Bertz CT molecular complexity index is 419. The molecule has 2 aliphatic carbocycles. The lowest BCUT2D eigenvalue weighted by Crippen LogP contribution is -2.24. The Kier molecular flexibility index (Phi) is 4.62. The summed E-state index contributed by atoms with van der Waals surface area (Å²) >= 11 is 0. The lowest BCUT2D eigenvalue weighted by atomic mass is 9.86. The molecule has 2 saturated carbocycles. The highest BCUT2D eigenvalue weighted by atomic mass is 16.5. The number of ether oxygens (including phenoxy) is 1. The molecule has 0 radical (unpaired) electrons. The second-order valence-corrected chi connectivity index (χ2v) is 6.47. The Morgan fingerprint density at radius 3 is 2.60 bits per heavy atom. The fourth-order valence-electron chi connectivity index (χ4n) is 3.13. The van der Waals surface area contributed by atoms with Crippen LogP contribution in [0, 0.1) is 5.92 Å². The molecule has 2 nitrogen and oxygen atoms in total. The quantitative estimate of drug-likeness (QED) is 0.835. The average Bonchev–Trinajstić information content (AvgIpc) is 3.31. The lowest BCUT2D eigenvalue weighted by Gasteiger charge is -2.28. The molecule has 0 heterocycles. The van der Waals surface area contributed by atoms with Gasteiger partial charge < -0.3 is 10.1 Å². The Morgan fingerprint density at radius 1 is 1.10 bits per heavy atom. The summed E-state index contributed by atoms with van der Waals surface area (Å²) in [5.74, 6) is 1.99. The molecular formula is C18H27NO. The summed E-state index contributed by atoms with van der Waals surface area (Å²) in [5.41, 5.74) is 1.34. The molecule has 20 heavy (non-hydrogen) atoms. The Balaban J connectivity index is 1.50. The number of hydrogen-bond donors (Lipinski definition) is 1. The molecule has 0 atom stereocenters. The van der Waals surface area contributed by atoms with E-state index in [1.165, 1.54) is 50.5 Å². The maximum Gasteiger partial charge on any atom is 0.120 e. The minimum absolute atomic E-state index is 0.435. The molecule has 2 fully saturated rings. The van der Waals surface area contributed by atoms with Crippen molar-refractivity contribution in [2.75, 3.05) is 0 Å². The van der Waals surface area contributed by atoms with E-state index in [-0.39, 0.29) is 0 Å². The lowest BCUT2D eigenvalue weighted by molar-refractivity contribution is 0.130. The third-order valence-electron chi connectivity index (χ3n) is 4.74. The van der Waals surface area contributed by atoms with Crippen LogP contribution in [0.4, 0.5) is 0 Å². The molecule has 0 spiro atoms. The van der Waals surface area contributed by atoms with Gasteiger partial charge in [-0.1, -0.05) is 25.5 Å². The molecule has 3 rings (SSSR count). The minimum atomic E-state index is 0.435. The highest BCUT2D eigenvalue weighted by molar-refractivity contribution is 5.28. The van der Waals surface area contributed by atoms with Crippen molar-refractivity contribution >= 4 is 0 Å². The van der Waals surface area contributed by atoms with Gasteiger partial charge in [0.2, 0.25) is 0 Å². The summed E-state index contributed by atoms with van der Waals surface area (Å²) in [6.45, 7) is 3.28. The molecule has 0 saturated heterocycles. The summed E-state index contributed by atoms with van der Waals surface area (Å²) in [5, 5.41) is 3.56. The van der Waals surface area contributed by atoms with Crippen molar-refractivity contribution in [3.63, 3.8) is 0 Å². The standard InChI is InChI=1S/C18H27NO/c1-2-14-6-10-17(11-7-14)20-18-5-3-4-15(12-18)13-19-16-8-9-16/h3-5,12,14,16-17,19H,2,6-11,13H2,1H3. The topological polar surface area (TPSA) is 21.3 Å². The van der Waals surface area contributed by atoms with Crippen molar-refractivity contribution in [2.45, 2.75) is 70.6 Å². The highest BCUT2D eigenvalue weighted by Gasteiger charge is 2.22. The van der Waals surface area contributed by atoms with E-state index in [0.29, 0.717) is 6.10 Å². The van der Waals surface area contributed by atoms with Gasteiger partial charge in [0.25, 0.3) is 0 Å². The summed E-state index contributed by atoms with van der Waals surface area (Å²) in [4.78, 5) is 0. The zero-order valence-electron chi connectivity index (χ0n) is 12.6. The number of hydrogen-bond acceptors (Lipinski definition) is 2. The van der Waals surface area contributed by atoms with Gasteiger partial charge in [-0.15, -0.1) is 0 Å². The first-order valence-electron chi connectivity index (χ1n) is 8.32. The first kappa shape index (κ1) is 13.9. The Labute approximate surface area is 122 Å². The molecule has 0 bridgehead atoms. The molecule has 0 amide bonds. The highest BCUT2D eigenvalue weighted by Crippen LogP contribution is 2.29. The molecule has 1 N–H and O–H groups in total. The van der Waals surface area contributed by atoms with Gasteiger partial charge >= 0.3 is 0 Å². The number of rotatable bonds is 6. The second-order valence-electron chi connectivity index (χ2n) is 6.47. The summed E-state index contributed by atoms with van der Waals surface area (Å²) < 4.78 is 6.18. The normalized spacial score (nSPS) is 26.4. The molecule has 2 heteroatoms. The number of benzene rings is 1. The average molecular weight is 273 g/mol.